The van der Waals surface area contributed by atoms with E-state index in [0.717, 1.165) is 51.4 Å². The number of hydrogen-bond donors (Lipinski definition) is 0. The van der Waals surface area contributed by atoms with Gasteiger partial charge in [-0.2, -0.15) is 0 Å². The Labute approximate surface area is 189 Å². The van der Waals surface area contributed by atoms with Crippen LogP contribution in [0.3, 0.4) is 0 Å². The molecule has 0 amide bonds. The summed E-state index contributed by atoms with van der Waals surface area (Å²) in [7, 11) is -3.70. The Balaban J connectivity index is 0.00000784. The molecule has 2 unspecified atom stereocenters. The molecule has 0 aliphatic rings. The normalized spacial score (nSPS) is 15.2. The largest absolute Gasteiger partial charge is 0.530 e. The van der Waals surface area contributed by atoms with E-state index in [1.807, 2.05) is 0 Å². The van der Waals surface area contributed by atoms with Crippen molar-refractivity contribution in [1.29, 1.82) is 0 Å². The monoisotopic (exact) mass is 468 g/mol. The highest BCUT2D eigenvalue weighted by Crippen LogP contribution is 2.50. The third-order valence-corrected chi connectivity index (χ3v) is 6.67. The molecule has 0 spiro atoms. The van der Waals surface area contributed by atoms with Crippen molar-refractivity contribution in [3.05, 3.63) is 29.3 Å². The Hall–Kier alpha value is -0.250. The Morgan fingerprint density at radius 2 is 1.31 bits per heavy atom. The highest BCUT2D eigenvalue weighted by Gasteiger charge is 2.31. The molecule has 0 bridgehead atoms. The third kappa shape index (κ3) is 12.3. The molecule has 0 saturated carbocycles. The van der Waals surface area contributed by atoms with Crippen LogP contribution in [0.4, 0.5) is 0 Å². The van der Waals surface area contributed by atoms with Crippen LogP contribution in [0, 0.1) is 11.8 Å². The average Bonchev–Trinajstić information content (AvgIpc) is 2.70. The van der Waals surface area contributed by atoms with Gasteiger partial charge in [0.05, 0.1) is 13.2 Å². The molecule has 0 heterocycles. The summed E-state index contributed by atoms with van der Waals surface area (Å²) in [6.45, 7) is 9.37. The summed E-state index contributed by atoms with van der Waals surface area (Å²) in [4.78, 5) is 0. The van der Waals surface area contributed by atoms with Gasteiger partial charge in [-0.15, -0.1) is 12.4 Å². The second-order valence-corrected chi connectivity index (χ2v) is 9.45. The van der Waals surface area contributed by atoms with Crippen molar-refractivity contribution in [2.75, 3.05) is 13.2 Å². The van der Waals surface area contributed by atoms with Gasteiger partial charge in [0.25, 0.3) is 0 Å². The van der Waals surface area contributed by atoms with Crippen LogP contribution in [-0.4, -0.2) is 13.2 Å². The first-order valence-corrected chi connectivity index (χ1v) is 12.6. The Morgan fingerprint density at radius 3 is 1.69 bits per heavy atom. The van der Waals surface area contributed by atoms with Gasteiger partial charge < -0.3 is 4.52 Å². The summed E-state index contributed by atoms with van der Waals surface area (Å²) >= 11 is 5.94. The van der Waals surface area contributed by atoms with Gasteiger partial charge in [0.2, 0.25) is 0 Å². The van der Waals surface area contributed by atoms with Crippen LogP contribution in [0.25, 0.3) is 0 Å². The quantitative estimate of drug-likeness (QED) is 0.227. The first-order chi connectivity index (χ1) is 13.5. The summed E-state index contributed by atoms with van der Waals surface area (Å²) in [6.07, 6.45) is 8.64. The van der Waals surface area contributed by atoms with E-state index < -0.39 is 7.82 Å². The van der Waals surface area contributed by atoms with Crippen LogP contribution < -0.4 is 4.52 Å². The zero-order valence-electron chi connectivity index (χ0n) is 18.4. The maximum Gasteiger partial charge on any atom is 0.530 e. The van der Waals surface area contributed by atoms with Gasteiger partial charge in [-0.1, -0.05) is 77.8 Å². The predicted octanol–water partition coefficient (Wildman–Crippen LogP) is 8.71. The molecule has 170 valence electrons. The van der Waals surface area contributed by atoms with E-state index >= 15 is 0 Å². The molecule has 1 rings (SSSR count). The smallest absolute Gasteiger partial charge is 0.404 e. The number of rotatable bonds is 16. The second kappa shape index (κ2) is 16.4. The van der Waals surface area contributed by atoms with Gasteiger partial charge in [0.1, 0.15) is 5.75 Å². The highest BCUT2D eigenvalue weighted by molar-refractivity contribution is 7.48. The van der Waals surface area contributed by atoms with E-state index in [-0.39, 0.29) is 12.4 Å². The van der Waals surface area contributed by atoms with E-state index in [1.54, 1.807) is 24.3 Å². The van der Waals surface area contributed by atoms with Crippen molar-refractivity contribution in [3.8, 4) is 5.75 Å². The van der Waals surface area contributed by atoms with Crippen LogP contribution in [0.15, 0.2) is 24.3 Å². The van der Waals surface area contributed by atoms with Gasteiger partial charge in [0.15, 0.2) is 0 Å². The van der Waals surface area contributed by atoms with Crippen LogP contribution in [0.2, 0.25) is 5.02 Å². The lowest BCUT2D eigenvalue weighted by atomic mass is 10.0. The molecule has 2 atom stereocenters. The van der Waals surface area contributed by atoms with Gasteiger partial charge in [-0.25, -0.2) is 4.57 Å². The molecule has 0 aliphatic carbocycles. The van der Waals surface area contributed by atoms with E-state index in [4.69, 9.17) is 25.2 Å². The summed E-state index contributed by atoms with van der Waals surface area (Å²) in [5.41, 5.74) is 0. The molecular weight excluding hydrogens is 430 g/mol. The van der Waals surface area contributed by atoms with Crippen LogP contribution in [0.5, 0.6) is 5.75 Å². The summed E-state index contributed by atoms with van der Waals surface area (Å²) in [5, 5.41) is 0.597. The van der Waals surface area contributed by atoms with Crippen molar-refractivity contribution in [3.63, 3.8) is 0 Å². The fraction of sp³-hybridized carbons (Fsp3) is 0.727. The minimum absolute atomic E-state index is 0. The second-order valence-electron chi connectivity index (χ2n) is 7.42. The van der Waals surface area contributed by atoms with Crippen molar-refractivity contribution >= 4 is 31.8 Å². The number of phosphoric acid groups is 1. The zero-order chi connectivity index (χ0) is 20.8. The molecule has 7 heteroatoms. The average molecular weight is 469 g/mol. The molecular formula is C22H39Cl2O4P. The zero-order valence-corrected chi connectivity index (χ0v) is 20.9. The fourth-order valence-electron chi connectivity index (χ4n) is 2.90. The van der Waals surface area contributed by atoms with Crippen molar-refractivity contribution in [2.24, 2.45) is 11.8 Å². The summed E-state index contributed by atoms with van der Waals surface area (Å²) in [6, 6.07) is 6.77. The fourth-order valence-corrected chi connectivity index (χ4v) is 4.38. The Morgan fingerprint density at radius 1 is 0.862 bits per heavy atom. The van der Waals surface area contributed by atoms with Crippen molar-refractivity contribution in [1.82, 2.24) is 0 Å². The Kier molecular flexibility index (Phi) is 16.3. The standard InChI is InChI=1S/C22H38ClO4P.ClH/c1-5-9-11-19(7-3)17-25-28(24,26-18-20(8-4)12-10-6-2)27-22-15-13-21(23)14-16-22;/h13-16,19-20H,5-12,17-18H2,1-4H3;1H. The van der Waals surface area contributed by atoms with E-state index in [9.17, 15) is 4.57 Å². The number of benzene rings is 1. The number of halogens is 2. The maximum atomic E-state index is 13.4. The van der Waals surface area contributed by atoms with E-state index in [1.165, 1.54) is 0 Å². The predicted molar refractivity (Wildman–Crippen MR) is 125 cm³/mol. The minimum Gasteiger partial charge on any atom is -0.404 e. The van der Waals surface area contributed by atoms with Crippen LogP contribution in [-0.2, 0) is 13.6 Å². The molecule has 0 aromatic heterocycles. The van der Waals surface area contributed by atoms with Crippen LogP contribution >= 0.6 is 31.8 Å². The molecule has 1 aromatic rings. The first kappa shape index (κ1) is 28.8. The molecule has 0 radical (unpaired) electrons. The molecule has 0 saturated heterocycles. The first-order valence-electron chi connectivity index (χ1n) is 10.8. The lowest BCUT2D eigenvalue weighted by Gasteiger charge is -2.23. The maximum absolute atomic E-state index is 13.4. The van der Waals surface area contributed by atoms with Gasteiger partial charge in [-0.3, -0.25) is 9.05 Å². The highest BCUT2D eigenvalue weighted by atomic mass is 35.5. The number of phosphoric ester groups is 1. The number of unbranched alkanes of at least 4 members (excludes halogenated alkanes) is 2. The molecule has 1 aromatic carbocycles. The minimum atomic E-state index is -3.70. The van der Waals surface area contributed by atoms with Crippen molar-refractivity contribution < 1.29 is 18.1 Å². The lowest BCUT2D eigenvalue weighted by molar-refractivity contribution is 0.115. The molecule has 4 nitrogen and oxygen atoms in total. The SMILES string of the molecule is CCCCC(CC)COP(=O)(OCC(CC)CCCC)Oc1ccc(Cl)cc1.Cl. The molecule has 0 aliphatic heterocycles. The molecule has 29 heavy (non-hydrogen) atoms. The topological polar surface area (TPSA) is 44.8 Å². The lowest BCUT2D eigenvalue weighted by Crippen LogP contribution is -2.14. The molecule has 0 fully saturated rings. The Bertz CT molecular complexity index is 544. The van der Waals surface area contributed by atoms with Gasteiger partial charge >= 0.3 is 7.82 Å². The van der Waals surface area contributed by atoms with E-state index in [0.29, 0.717) is 35.8 Å². The van der Waals surface area contributed by atoms with Gasteiger partial charge in [0, 0.05) is 5.02 Å². The summed E-state index contributed by atoms with van der Waals surface area (Å²) in [5.74, 6) is 1.15. The van der Waals surface area contributed by atoms with Crippen LogP contribution in [0.1, 0.15) is 79.1 Å². The van der Waals surface area contributed by atoms with Gasteiger partial charge in [-0.05, 0) is 48.9 Å². The van der Waals surface area contributed by atoms with E-state index in [2.05, 4.69) is 27.7 Å². The third-order valence-electron chi connectivity index (χ3n) is 5.05. The summed E-state index contributed by atoms with van der Waals surface area (Å²) < 4.78 is 30.6. The van der Waals surface area contributed by atoms with Crippen molar-refractivity contribution in [2.45, 2.75) is 79.1 Å². The number of hydrogen-bond acceptors (Lipinski definition) is 4. The molecule has 0 N–H and O–H groups in total.